The van der Waals surface area contributed by atoms with Crippen LogP contribution >= 0.6 is 0 Å². The molecule has 6 heteroatoms. The topological polar surface area (TPSA) is 41.6 Å². The van der Waals surface area contributed by atoms with E-state index < -0.39 is 11.6 Å². The summed E-state index contributed by atoms with van der Waals surface area (Å²) in [7, 11) is 1.99. The second-order valence-corrected chi connectivity index (χ2v) is 6.23. The predicted molar refractivity (Wildman–Crippen MR) is 97.2 cm³/mol. The van der Waals surface area contributed by atoms with Crippen molar-refractivity contribution < 1.29 is 18.3 Å². The van der Waals surface area contributed by atoms with Gasteiger partial charge in [-0.1, -0.05) is 6.07 Å². The predicted octanol–water partition coefficient (Wildman–Crippen LogP) is 3.68. The first-order valence-electron chi connectivity index (χ1n) is 8.35. The molecule has 1 aliphatic rings. The summed E-state index contributed by atoms with van der Waals surface area (Å²) < 4.78 is 32.3. The number of hydrogen-bond acceptors (Lipinski definition) is 3. The molecule has 0 bridgehead atoms. The molecule has 1 aliphatic heterocycles. The summed E-state index contributed by atoms with van der Waals surface area (Å²) in [5.74, 6) is -0.701. The van der Waals surface area contributed by atoms with Gasteiger partial charge in [0.2, 0.25) is 5.91 Å². The van der Waals surface area contributed by atoms with Crippen LogP contribution in [0.1, 0.15) is 24.1 Å². The number of amides is 1. The lowest BCUT2D eigenvalue weighted by molar-refractivity contribution is -0.117. The number of halogens is 2. The van der Waals surface area contributed by atoms with Crippen molar-refractivity contribution in [3.05, 3.63) is 65.2 Å². The van der Waals surface area contributed by atoms with E-state index in [1.54, 1.807) is 0 Å². The van der Waals surface area contributed by atoms with E-state index in [2.05, 4.69) is 10.2 Å². The van der Waals surface area contributed by atoms with Crippen molar-refractivity contribution in [3.8, 4) is 5.75 Å². The first-order chi connectivity index (χ1) is 12.4. The molecule has 0 saturated heterocycles. The van der Waals surface area contributed by atoms with Crippen LogP contribution in [0.3, 0.4) is 0 Å². The smallest absolute Gasteiger partial charge is 0.244 e. The van der Waals surface area contributed by atoms with E-state index in [1.165, 1.54) is 12.2 Å². The van der Waals surface area contributed by atoms with Gasteiger partial charge in [-0.15, -0.1) is 0 Å². The molecule has 136 valence electrons. The fraction of sp³-hybridized carbons (Fsp3) is 0.250. The van der Waals surface area contributed by atoms with Crippen LogP contribution in [0.2, 0.25) is 0 Å². The molecule has 1 N–H and O–H groups in total. The average Bonchev–Trinajstić information content (AvgIpc) is 2.62. The number of anilines is 1. The third-order valence-electron chi connectivity index (χ3n) is 4.31. The van der Waals surface area contributed by atoms with Crippen LogP contribution in [0, 0.1) is 11.6 Å². The molecular formula is C20H20F2N2O2. The van der Waals surface area contributed by atoms with Crippen molar-refractivity contribution in [2.24, 2.45) is 0 Å². The molecule has 1 unspecified atom stereocenters. The van der Waals surface area contributed by atoms with Gasteiger partial charge in [-0.05, 0) is 48.9 Å². The number of benzene rings is 2. The Kier molecular flexibility index (Phi) is 5.21. The van der Waals surface area contributed by atoms with Crippen LogP contribution in [-0.2, 0) is 4.79 Å². The Labute approximate surface area is 151 Å². The molecule has 2 aromatic rings. The summed E-state index contributed by atoms with van der Waals surface area (Å²) in [5.41, 5.74) is 1.94. The van der Waals surface area contributed by atoms with E-state index >= 15 is 0 Å². The van der Waals surface area contributed by atoms with Crippen LogP contribution < -0.4 is 15.0 Å². The minimum Gasteiger partial charge on any atom is -0.490 e. The summed E-state index contributed by atoms with van der Waals surface area (Å²) in [6.07, 6.45) is 2.46. The molecule has 4 nitrogen and oxygen atoms in total. The molecule has 26 heavy (non-hydrogen) atoms. The van der Waals surface area contributed by atoms with E-state index in [9.17, 15) is 13.6 Å². The van der Waals surface area contributed by atoms with Gasteiger partial charge < -0.3 is 15.0 Å². The lowest BCUT2D eigenvalue weighted by Crippen LogP contribution is -2.29. The van der Waals surface area contributed by atoms with E-state index in [4.69, 9.17) is 4.74 Å². The highest BCUT2D eigenvalue weighted by molar-refractivity contribution is 5.92. The number of rotatable bonds is 4. The lowest BCUT2D eigenvalue weighted by atomic mass is 10.1. The average molecular weight is 358 g/mol. The van der Waals surface area contributed by atoms with Crippen molar-refractivity contribution in [1.82, 2.24) is 5.32 Å². The molecule has 0 aliphatic carbocycles. The van der Waals surface area contributed by atoms with E-state index in [0.717, 1.165) is 41.7 Å². The molecule has 1 amide bonds. The Morgan fingerprint density at radius 1 is 1.27 bits per heavy atom. The highest BCUT2D eigenvalue weighted by atomic mass is 19.1. The minimum absolute atomic E-state index is 0.0281. The normalized spacial score (nSPS) is 14.7. The van der Waals surface area contributed by atoms with Gasteiger partial charge in [0.05, 0.1) is 18.3 Å². The zero-order chi connectivity index (χ0) is 18.7. The zero-order valence-electron chi connectivity index (χ0n) is 14.6. The molecule has 0 fully saturated rings. The van der Waals surface area contributed by atoms with Crippen molar-refractivity contribution in [2.75, 3.05) is 25.1 Å². The summed E-state index contributed by atoms with van der Waals surface area (Å²) in [6.45, 7) is 3.32. The second-order valence-electron chi connectivity index (χ2n) is 6.23. The summed E-state index contributed by atoms with van der Waals surface area (Å²) in [4.78, 5) is 14.2. The molecule has 0 aromatic heterocycles. The Bertz CT molecular complexity index is 852. The number of carbonyl (C=O) groups excluding carboxylic acids is 1. The van der Waals surface area contributed by atoms with E-state index in [-0.39, 0.29) is 17.5 Å². The van der Waals surface area contributed by atoms with E-state index in [1.807, 2.05) is 32.2 Å². The number of nitrogens with zero attached hydrogens (tertiary/aromatic N) is 1. The molecule has 0 saturated carbocycles. The van der Waals surface area contributed by atoms with Crippen LogP contribution in [0.15, 0.2) is 42.5 Å². The van der Waals surface area contributed by atoms with Crippen LogP contribution in [0.25, 0.3) is 6.08 Å². The van der Waals surface area contributed by atoms with Gasteiger partial charge in [-0.2, -0.15) is 0 Å². The third-order valence-corrected chi connectivity index (χ3v) is 4.31. The molecule has 0 spiro atoms. The highest BCUT2D eigenvalue weighted by Crippen LogP contribution is 2.33. The quantitative estimate of drug-likeness (QED) is 0.848. The summed E-state index contributed by atoms with van der Waals surface area (Å²) in [6, 6.07) is 8.63. The van der Waals surface area contributed by atoms with Crippen molar-refractivity contribution in [2.45, 2.75) is 13.0 Å². The number of fused-ring (bicyclic) bond motifs is 1. The van der Waals surface area contributed by atoms with Crippen LogP contribution in [0.5, 0.6) is 5.75 Å². The van der Waals surface area contributed by atoms with Crippen molar-refractivity contribution in [3.63, 3.8) is 0 Å². The Morgan fingerprint density at radius 3 is 2.88 bits per heavy atom. The maximum atomic E-state index is 13.6. The Hall–Kier alpha value is -2.89. The SMILES string of the molecule is CC(NC(=O)/C=C/c1cc(F)ccc1F)c1ccc2c(c1)N(C)CCO2. The van der Waals surface area contributed by atoms with Crippen molar-refractivity contribution >= 4 is 17.7 Å². The fourth-order valence-corrected chi connectivity index (χ4v) is 2.79. The van der Waals surface area contributed by atoms with Gasteiger partial charge in [0.25, 0.3) is 0 Å². The molecule has 3 rings (SSSR count). The molecule has 1 atom stereocenters. The Balaban J connectivity index is 1.68. The number of ether oxygens (including phenoxy) is 1. The highest BCUT2D eigenvalue weighted by Gasteiger charge is 2.17. The maximum absolute atomic E-state index is 13.6. The van der Waals surface area contributed by atoms with Gasteiger partial charge in [0.1, 0.15) is 24.0 Å². The van der Waals surface area contributed by atoms with Crippen LogP contribution in [0.4, 0.5) is 14.5 Å². The van der Waals surface area contributed by atoms with Crippen molar-refractivity contribution in [1.29, 1.82) is 0 Å². The molecule has 2 aromatic carbocycles. The first-order valence-corrected chi connectivity index (χ1v) is 8.35. The first kappa shape index (κ1) is 17.9. The van der Waals surface area contributed by atoms with Gasteiger partial charge in [-0.25, -0.2) is 8.78 Å². The third kappa shape index (κ3) is 4.02. The zero-order valence-corrected chi connectivity index (χ0v) is 14.6. The van der Waals surface area contributed by atoms with Crippen LogP contribution in [-0.4, -0.2) is 26.1 Å². The lowest BCUT2D eigenvalue weighted by Gasteiger charge is -2.28. The van der Waals surface area contributed by atoms with Gasteiger partial charge in [0.15, 0.2) is 0 Å². The standard InChI is InChI=1S/C20H20F2N2O2/c1-13(14-3-7-19-18(12-14)24(2)9-10-26-19)23-20(25)8-4-15-11-16(21)5-6-17(15)22/h3-8,11-13H,9-10H2,1-2H3,(H,23,25)/b8-4+. The molecule has 1 heterocycles. The number of carbonyl (C=O) groups is 1. The number of nitrogens with one attached hydrogen (secondary N) is 1. The van der Waals surface area contributed by atoms with Gasteiger partial charge >= 0.3 is 0 Å². The summed E-state index contributed by atoms with van der Waals surface area (Å²) in [5, 5.41) is 2.82. The van der Waals surface area contributed by atoms with Gasteiger partial charge in [-0.3, -0.25) is 4.79 Å². The second kappa shape index (κ2) is 7.56. The number of hydrogen-bond donors (Lipinski definition) is 1. The maximum Gasteiger partial charge on any atom is 0.244 e. The Morgan fingerprint density at radius 2 is 2.08 bits per heavy atom. The minimum atomic E-state index is -0.582. The fourth-order valence-electron chi connectivity index (χ4n) is 2.79. The largest absolute Gasteiger partial charge is 0.490 e. The summed E-state index contributed by atoms with van der Waals surface area (Å²) >= 11 is 0. The molecule has 0 radical (unpaired) electrons. The molecular weight excluding hydrogens is 338 g/mol. The monoisotopic (exact) mass is 358 g/mol. The van der Waals surface area contributed by atoms with E-state index in [0.29, 0.717) is 6.61 Å². The van der Waals surface area contributed by atoms with Gasteiger partial charge in [0, 0.05) is 18.7 Å². The number of likely N-dealkylation sites (N-methyl/N-ethyl adjacent to an activating group) is 1.